The molecule has 2 atom stereocenters. The monoisotopic (exact) mass is 523 g/mol. The summed E-state index contributed by atoms with van der Waals surface area (Å²) in [6.07, 6.45) is 0. The van der Waals surface area contributed by atoms with Crippen LogP contribution < -0.4 is 10.7 Å². The zero-order chi connectivity index (χ0) is 24.5. The molecule has 0 aliphatic carbocycles. The third kappa shape index (κ3) is 4.77. The fraction of sp³-hybridized carbons (Fsp3) is 0.120. The molecule has 10 heteroatoms. The molecule has 2 heterocycles. The van der Waals surface area contributed by atoms with Gasteiger partial charge in [-0.2, -0.15) is 0 Å². The summed E-state index contributed by atoms with van der Waals surface area (Å²) < 4.78 is 1.75. The number of hydrogen-bond donors (Lipinski definition) is 2. The lowest BCUT2D eigenvalue weighted by atomic mass is 9.97. The molecule has 35 heavy (non-hydrogen) atoms. The number of carbonyl (C=O) groups is 2. The van der Waals surface area contributed by atoms with Crippen molar-refractivity contribution in [3.8, 4) is 11.4 Å². The van der Waals surface area contributed by atoms with Crippen LogP contribution in [0.15, 0.2) is 78.0 Å². The SMILES string of the molecule is CC(=O)Nc1ccc([C@H]2Nn3c(nnc3-c3ccc(Cl)cc3Cl)S[C@@H]2C(=O)c2ccccc2)cc1. The molecule has 1 aliphatic heterocycles. The van der Waals surface area contributed by atoms with Crippen LogP contribution in [0.5, 0.6) is 0 Å². The van der Waals surface area contributed by atoms with E-state index in [0.717, 1.165) is 5.56 Å². The van der Waals surface area contributed by atoms with E-state index in [9.17, 15) is 9.59 Å². The number of ketones is 1. The van der Waals surface area contributed by atoms with Gasteiger partial charge in [0.2, 0.25) is 11.1 Å². The number of fused-ring (bicyclic) bond motifs is 1. The first-order chi connectivity index (χ1) is 16.9. The van der Waals surface area contributed by atoms with Crippen LogP contribution in [-0.4, -0.2) is 31.8 Å². The molecule has 3 aromatic carbocycles. The molecule has 176 valence electrons. The van der Waals surface area contributed by atoms with Crippen LogP contribution in [0.3, 0.4) is 0 Å². The molecule has 0 saturated carbocycles. The number of benzene rings is 3. The van der Waals surface area contributed by atoms with Crippen LogP contribution in [0, 0.1) is 0 Å². The number of carbonyl (C=O) groups excluding carboxylic acids is 2. The van der Waals surface area contributed by atoms with Gasteiger partial charge in [0.1, 0.15) is 5.25 Å². The van der Waals surface area contributed by atoms with E-state index in [1.54, 1.807) is 35.0 Å². The topological polar surface area (TPSA) is 88.9 Å². The van der Waals surface area contributed by atoms with Crippen LogP contribution in [-0.2, 0) is 4.79 Å². The highest BCUT2D eigenvalue weighted by Gasteiger charge is 2.38. The summed E-state index contributed by atoms with van der Waals surface area (Å²) in [7, 11) is 0. The van der Waals surface area contributed by atoms with Gasteiger partial charge in [-0.05, 0) is 35.9 Å². The van der Waals surface area contributed by atoms with E-state index >= 15 is 0 Å². The van der Waals surface area contributed by atoms with Crippen LogP contribution in [0.2, 0.25) is 10.0 Å². The lowest BCUT2D eigenvalue weighted by Gasteiger charge is -2.33. The highest BCUT2D eigenvalue weighted by Crippen LogP contribution is 2.41. The molecule has 2 N–H and O–H groups in total. The van der Waals surface area contributed by atoms with E-state index in [0.29, 0.717) is 37.8 Å². The van der Waals surface area contributed by atoms with Crippen molar-refractivity contribution in [1.82, 2.24) is 14.9 Å². The fourth-order valence-corrected chi connectivity index (χ4v) is 5.54. The average molecular weight is 524 g/mol. The highest BCUT2D eigenvalue weighted by molar-refractivity contribution is 8.00. The Bertz CT molecular complexity index is 1410. The van der Waals surface area contributed by atoms with Gasteiger partial charge in [0, 0.05) is 28.8 Å². The Hall–Kier alpha value is -3.33. The van der Waals surface area contributed by atoms with E-state index < -0.39 is 11.3 Å². The summed E-state index contributed by atoms with van der Waals surface area (Å²) in [5.41, 5.74) is 6.25. The van der Waals surface area contributed by atoms with Crippen LogP contribution in [0.1, 0.15) is 28.9 Å². The van der Waals surface area contributed by atoms with Crippen molar-refractivity contribution in [2.24, 2.45) is 0 Å². The molecule has 0 fully saturated rings. The Morgan fingerprint density at radius 1 is 1.00 bits per heavy atom. The van der Waals surface area contributed by atoms with Crippen LogP contribution >= 0.6 is 35.0 Å². The van der Waals surface area contributed by atoms with Crippen molar-refractivity contribution in [2.75, 3.05) is 10.7 Å². The normalized spacial score (nSPS) is 16.8. The lowest BCUT2D eigenvalue weighted by molar-refractivity contribution is -0.114. The van der Waals surface area contributed by atoms with E-state index in [1.165, 1.54) is 18.7 Å². The zero-order valence-electron chi connectivity index (χ0n) is 18.4. The van der Waals surface area contributed by atoms with Crippen LogP contribution in [0.25, 0.3) is 11.4 Å². The van der Waals surface area contributed by atoms with Gasteiger partial charge in [0.15, 0.2) is 11.6 Å². The smallest absolute Gasteiger partial charge is 0.221 e. The molecule has 0 unspecified atom stereocenters. The second-order valence-corrected chi connectivity index (χ2v) is 9.90. The summed E-state index contributed by atoms with van der Waals surface area (Å²) in [5.74, 6) is 0.332. The van der Waals surface area contributed by atoms with Gasteiger partial charge in [-0.3, -0.25) is 9.59 Å². The Balaban J connectivity index is 1.56. The molecule has 0 saturated heterocycles. The maximum atomic E-state index is 13.6. The third-order valence-corrected chi connectivity index (χ3v) is 7.28. The first-order valence-corrected chi connectivity index (χ1v) is 12.3. The molecule has 5 rings (SSSR count). The second-order valence-electron chi connectivity index (χ2n) is 7.94. The molecule has 0 spiro atoms. The van der Waals surface area contributed by atoms with Gasteiger partial charge in [0.25, 0.3) is 0 Å². The van der Waals surface area contributed by atoms with Gasteiger partial charge < -0.3 is 10.7 Å². The summed E-state index contributed by atoms with van der Waals surface area (Å²) in [6, 6.07) is 21.3. The largest absolute Gasteiger partial charge is 0.326 e. The lowest BCUT2D eigenvalue weighted by Crippen LogP contribution is -2.39. The highest BCUT2D eigenvalue weighted by atomic mass is 35.5. The molecule has 1 aliphatic rings. The van der Waals surface area contributed by atoms with Crippen LogP contribution in [0.4, 0.5) is 5.69 Å². The Morgan fingerprint density at radius 2 is 1.74 bits per heavy atom. The summed E-state index contributed by atoms with van der Waals surface area (Å²) in [4.78, 5) is 25.0. The number of halogens is 2. The van der Waals surface area contributed by atoms with Crippen molar-refractivity contribution in [3.05, 3.63) is 94.0 Å². The molecule has 1 aromatic heterocycles. The summed E-state index contributed by atoms with van der Waals surface area (Å²) in [6.45, 7) is 1.46. The summed E-state index contributed by atoms with van der Waals surface area (Å²) in [5, 5.41) is 12.4. The standard InChI is InChI=1S/C25H19Cl2N5O2S/c1-14(33)28-18-10-7-15(8-11-18)21-23(22(34)16-5-3-2-4-6-16)35-25-30-29-24(32(25)31-21)19-12-9-17(26)13-20(19)27/h2-13,21,23,31H,1H3,(H,28,33)/t21-,23+/m1/s1. The minimum atomic E-state index is -0.505. The molecular formula is C25H19Cl2N5O2S. The van der Waals surface area contributed by atoms with Gasteiger partial charge in [-0.25, -0.2) is 4.68 Å². The number of hydrogen-bond acceptors (Lipinski definition) is 6. The van der Waals surface area contributed by atoms with E-state index in [4.69, 9.17) is 23.2 Å². The van der Waals surface area contributed by atoms with Crippen molar-refractivity contribution in [1.29, 1.82) is 0 Å². The molecule has 7 nitrogen and oxygen atoms in total. The predicted octanol–water partition coefficient (Wildman–Crippen LogP) is 5.85. The van der Waals surface area contributed by atoms with E-state index in [-0.39, 0.29) is 11.7 Å². The van der Waals surface area contributed by atoms with Crippen molar-refractivity contribution in [3.63, 3.8) is 0 Å². The average Bonchev–Trinajstić information content (AvgIpc) is 3.26. The first kappa shape index (κ1) is 23.4. The third-order valence-electron chi connectivity index (χ3n) is 5.52. The Morgan fingerprint density at radius 3 is 2.43 bits per heavy atom. The minimum absolute atomic E-state index is 0.0284. The molecular weight excluding hydrogens is 505 g/mol. The van der Waals surface area contributed by atoms with E-state index in [2.05, 4.69) is 20.9 Å². The number of thioether (sulfide) groups is 1. The quantitative estimate of drug-likeness (QED) is 0.319. The van der Waals surface area contributed by atoms with Gasteiger partial charge in [-0.15, -0.1) is 10.2 Å². The number of nitrogens with one attached hydrogen (secondary N) is 2. The minimum Gasteiger partial charge on any atom is -0.326 e. The maximum absolute atomic E-state index is 13.6. The Labute approximate surface area is 215 Å². The zero-order valence-corrected chi connectivity index (χ0v) is 20.7. The van der Waals surface area contributed by atoms with Gasteiger partial charge in [-0.1, -0.05) is 77.4 Å². The molecule has 1 amide bonds. The number of anilines is 1. The van der Waals surface area contributed by atoms with Gasteiger partial charge in [0.05, 0.1) is 11.1 Å². The first-order valence-electron chi connectivity index (χ1n) is 10.7. The number of amides is 1. The number of aromatic nitrogens is 3. The number of rotatable bonds is 5. The van der Waals surface area contributed by atoms with Crippen molar-refractivity contribution < 1.29 is 9.59 Å². The molecule has 4 aromatic rings. The number of nitrogens with zero attached hydrogens (tertiary/aromatic N) is 3. The Kier molecular flexibility index (Phi) is 6.51. The van der Waals surface area contributed by atoms with Crippen molar-refractivity contribution >= 4 is 52.3 Å². The fourth-order valence-electron chi connectivity index (χ4n) is 3.89. The predicted molar refractivity (Wildman–Crippen MR) is 139 cm³/mol. The summed E-state index contributed by atoms with van der Waals surface area (Å²) >= 11 is 13.9. The maximum Gasteiger partial charge on any atom is 0.221 e. The molecule has 0 radical (unpaired) electrons. The van der Waals surface area contributed by atoms with Gasteiger partial charge >= 0.3 is 0 Å². The van der Waals surface area contributed by atoms with Crippen molar-refractivity contribution in [2.45, 2.75) is 23.4 Å². The molecule has 0 bridgehead atoms. The van der Waals surface area contributed by atoms with E-state index in [1.807, 2.05) is 42.5 Å². The number of Topliss-reactive ketones (excluding diaryl/α,β-unsaturated/α-hetero) is 1. The second kappa shape index (κ2) is 9.73.